The summed E-state index contributed by atoms with van der Waals surface area (Å²) in [5, 5.41) is 9.05. The number of aliphatic hydroxyl groups is 1. The molecule has 6 rings (SSSR count). The number of rotatable bonds is 5. The van der Waals surface area contributed by atoms with Crippen molar-refractivity contribution in [1.82, 2.24) is 19.9 Å². The number of aliphatic hydroxyl groups excluding tert-OH is 1. The van der Waals surface area contributed by atoms with Crippen LogP contribution in [0.15, 0.2) is 72.8 Å². The fraction of sp³-hybridized carbons (Fsp3) is 0.103. The van der Waals surface area contributed by atoms with Gasteiger partial charge in [0.1, 0.15) is 5.75 Å². The van der Waals surface area contributed by atoms with Gasteiger partial charge in [0.25, 0.3) is 0 Å². The smallest absolute Gasteiger partial charge is 0.119 e. The van der Waals surface area contributed by atoms with E-state index >= 15 is 0 Å². The first-order valence-corrected chi connectivity index (χ1v) is 11.6. The Kier molecular flexibility index (Phi) is 5.48. The monoisotopic (exact) mass is 460 g/mol. The Hall–Kier alpha value is -4.42. The number of H-pyrrole nitrogens is 2. The largest absolute Gasteiger partial charge is 0.493 e. The van der Waals surface area contributed by atoms with E-state index in [1.165, 1.54) is 0 Å². The maximum atomic E-state index is 9.05. The number of aromatic nitrogens is 4. The Labute approximate surface area is 202 Å². The summed E-state index contributed by atoms with van der Waals surface area (Å²) in [4.78, 5) is 16.6. The first kappa shape index (κ1) is 21.1. The van der Waals surface area contributed by atoms with Crippen molar-refractivity contribution in [2.45, 2.75) is 6.42 Å². The summed E-state index contributed by atoms with van der Waals surface area (Å²) in [5.74, 6) is 0.769. The van der Waals surface area contributed by atoms with Gasteiger partial charge in [-0.25, -0.2) is 9.97 Å². The minimum Gasteiger partial charge on any atom is -0.493 e. The van der Waals surface area contributed by atoms with Crippen molar-refractivity contribution in [3.05, 3.63) is 101 Å². The van der Waals surface area contributed by atoms with Crippen LogP contribution in [0.1, 0.15) is 34.8 Å². The van der Waals surface area contributed by atoms with Gasteiger partial charge in [0.2, 0.25) is 0 Å². The molecule has 6 heteroatoms. The van der Waals surface area contributed by atoms with Gasteiger partial charge in [0, 0.05) is 40.7 Å². The average molecular weight is 461 g/mol. The van der Waals surface area contributed by atoms with Gasteiger partial charge in [-0.1, -0.05) is 12.1 Å². The second-order valence-electron chi connectivity index (χ2n) is 8.54. The molecule has 0 radical (unpaired) electrons. The van der Waals surface area contributed by atoms with Crippen LogP contribution in [0, 0.1) is 0 Å². The summed E-state index contributed by atoms with van der Waals surface area (Å²) in [5.41, 5.74) is 9.48. The van der Waals surface area contributed by atoms with Gasteiger partial charge in [0.15, 0.2) is 0 Å². The maximum Gasteiger partial charge on any atom is 0.119 e. The SMILES string of the molecule is OCCCOc1cccc(C2=Cc3cc4ccc(cc5ccc(cc6nc(cc2n3)C=C6)[nH]5)[nH]4)c1. The predicted molar refractivity (Wildman–Crippen MR) is 141 cm³/mol. The lowest BCUT2D eigenvalue weighted by atomic mass is 10.0. The average Bonchev–Trinajstić information content (AvgIpc) is 3.65. The molecule has 0 aliphatic carbocycles. The van der Waals surface area contributed by atoms with E-state index in [-0.39, 0.29) is 6.61 Å². The Morgan fingerprint density at radius 3 is 2.14 bits per heavy atom. The van der Waals surface area contributed by atoms with Crippen LogP contribution >= 0.6 is 0 Å². The summed E-state index contributed by atoms with van der Waals surface area (Å²) in [6.45, 7) is 0.586. The number of aromatic amines is 2. The third-order valence-electron chi connectivity index (χ3n) is 5.88. The molecule has 5 heterocycles. The number of hydrogen-bond donors (Lipinski definition) is 3. The maximum absolute atomic E-state index is 9.05. The van der Waals surface area contributed by atoms with Crippen LogP contribution in [0.2, 0.25) is 0 Å². The van der Waals surface area contributed by atoms with Crippen molar-refractivity contribution in [1.29, 1.82) is 0 Å². The van der Waals surface area contributed by atoms with Gasteiger partial charge in [-0.15, -0.1) is 0 Å². The van der Waals surface area contributed by atoms with Crippen molar-refractivity contribution < 1.29 is 9.84 Å². The Bertz CT molecular complexity index is 1620. The molecule has 2 aliphatic heterocycles. The van der Waals surface area contributed by atoms with E-state index in [9.17, 15) is 0 Å². The number of hydrogen-bond acceptors (Lipinski definition) is 4. The highest BCUT2D eigenvalue weighted by Crippen LogP contribution is 2.31. The minimum atomic E-state index is 0.111. The van der Waals surface area contributed by atoms with Crippen LogP contribution in [0.4, 0.5) is 0 Å². The van der Waals surface area contributed by atoms with Crippen LogP contribution < -0.4 is 4.74 Å². The van der Waals surface area contributed by atoms with E-state index < -0.39 is 0 Å². The molecule has 0 fully saturated rings. The van der Waals surface area contributed by atoms with Crippen LogP contribution in [0.3, 0.4) is 0 Å². The molecule has 35 heavy (non-hydrogen) atoms. The highest BCUT2D eigenvalue weighted by Gasteiger charge is 2.14. The van der Waals surface area contributed by atoms with E-state index in [2.05, 4.69) is 52.4 Å². The van der Waals surface area contributed by atoms with Gasteiger partial charge in [-0.2, -0.15) is 0 Å². The molecule has 6 nitrogen and oxygen atoms in total. The molecule has 2 aliphatic rings. The van der Waals surface area contributed by atoms with E-state index in [0.29, 0.717) is 13.0 Å². The fourth-order valence-electron chi connectivity index (χ4n) is 4.25. The molecule has 8 bridgehead atoms. The Morgan fingerprint density at radius 1 is 0.714 bits per heavy atom. The first-order valence-electron chi connectivity index (χ1n) is 11.6. The molecule has 3 N–H and O–H groups in total. The second-order valence-corrected chi connectivity index (χ2v) is 8.54. The van der Waals surface area contributed by atoms with E-state index in [1.807, 2.05) is 48.6 Å². The normalized spacial score (nSPS) is 12.5. The van der Waals surface area contributed by atoms with Gasteiger partial charge in [-0.05, 0) is 84.5 Å². The number of ether oxygens (including phenoxy) is 1. The first-order chi connectivity index (χ1) is 17.2. The molecule has 0 unspecified atom stereocenters. The molecule has 0 saturated heterocycles. The molecule has 3 aromatic heterocycles. The van der Waals surface area contributed by atoms with Gasteiger partial charge < -0.3 is 19.8 Å². The van der Waals surface area contributed by atoms with Crippen molar-refractivity contribution in [3.63, 3.8) is 0 Å². The van der Waals surface area contributed by atoms with Crippen molar-refractivity contribution >= 4 is 45.9 Å². The zero-order chi connectivity index (χ0) is 23.6. The highest BCUT2D eigenvalue weighted by atomic mass is 16.5. The number of benzene rings is 1. The van der Waals surface area contributed by atoms with Crippen LogP contribution in [0.5, 0.6) is 5.75 Å². The van der Waals surface area contributed by atoms with E-state index in [1.54, 1.807) is 0 Å². The topological polar surface area (TPSA) is 86.8 Å². The lowest BCUT2D eigenvalue weighted by Crippen LogP contribution is -2.00. The molecule has 0 amide bonds. The van der Waals surface area contributed by atoms with E-state index in [4.69, 9.17) is 19.8 Å². The molecule has 0 atom stereocenters. The zero-order valence-electron chi connectivity index (χ0n) is 19.0. The van der Waals surface area contributed by atoms with Gasteiger partial charge in [-0.3, -0.25) is 0 Å². The van der Waals surface area contributed by atoms with Crippen molar-refractivity contribution in [2.24, 2.45) is 0 Å². The molecular formula is C29H24N4O2. The van der Waals surface area contributed by atoms with Gasteiger partial charge in [0.05, 0.1) is 29.4 Å². The summed E-state index contributed by atoms with van der Waals surface area (Å²) < 4.78 is 5.81. The Balaban J connectivity index is 1.52. The van der Waals surface area contributed by atoms with Gasteiger partial charge >= 0.3 is 0 Å². The summed E-state index contributed by atoms with van der Waals surface area (Å²) in [6, 6.07) is 24.4. The third-order valence-corrected chi connectivity index (χ3v) is 5.88. The third kappa shape index (κ3) is 4.65. The lowest BCUT2D eigenvalue weighted by Gasteiger charge is -2.08. The van der Waals surface area contributed by atoms with Crippen LogP contribution in [-0.4, -0.2) is 38.3 Å². The molecule has 172 valence electrons. The summed E-state index contributed by atoms with van der Waals surface area (Å²) >= 11 is 0. The number of fused-ring (bicyclic) bond motifs is 8. The van der Waals surface area contributed by atoms with Crippen molar-refractivity contribution in [3.8, 4) is 5.75 Å². The molecule has 1 aromatic carbocycles. The lowest BCUT2D eigenvalue weighted by molar-refractivity contribution is 0.233. The predicted octanol–water partition coefficient (Wildman–Crippen LogP) is 5.84. The van der Waals surface area contributed by atoms with Crippen LogP contribution in [-0.2, 0) is 0 Å². The molecule has 0 saturated carbocycles. The standard InChI is InChI=1S/C29H24N4O2/c34-11-2-12-35-27-4-1-3-19(13-27)28-17-26-16-24-8-7-22(31-24)14-20-5-6-21(30-20)15-23-9-10-25(32-23)18-29(28)33-26/h1,3-10,13-18,30-31,34H,2,11-12H2. The number of nitrogens with zero attached hydrogens (tertiary/aromatic N) is 2. The quantitative estimate of drug-likeness (QED) is 0.282. The van der Waals surface area contributed by atoms with Crippen LogP contribution in [0.25, 0.3) is 45.9 Å². The summed E-state index contributed by atoms with van der Waals surface area (Å²) in [7, 11) is 0. The van der Waals surface area contributed by atoms with E-state index in [0.717, 1.165) is 61.7 Å². The minimum absolute atomic E-state index is 0.111. The summed E-state index contributed by atoms with van der Waals surface area (Å²) in [6.07, 6.45) is 6.71. The highest BCUT2D eigenvalue weighted by molar-refractivity contribution is 5.93. The second kappa shape index (κ2) is 9.08. The zero-order valence-corrected chi connectivity index (χ0v) is 19.0. The fourth-order valence-corrected chi connectivity index (χ4v) is 4.25. The molecular weight excluding hydrogens is 436 g/mol. The van der Waals surface area contributed by atoms with Crippen molar-refractivity contribution in [2.75, 3.05) is 13.2 Å². The molecule has 0 spiro atoms. The Morgan fingerprint density at radius 2 is 1.40 bits per heavy atom. The molecule has 4 aromatic rings. The number of nitrogens with one attached hydrogen (secondary N) is 2.